The van der Waals surface area contributed by atoms with Crippen molar-refractivity contribution in [1.29, 1.82) is 0 Å². The Morgan fingerprint density at radius 3 is 1.79 bits per heavy atom. The topological polar surface area (TPSA) is 80.2 Å². The number of aromatic amines is 4. The van der Waals surface area contributed by atoms with Crippen LogP contribution in [0.15, 0.2) is 16.9 Å². The second-order valence-corrected chi connectivity index (χ2v) is 3.51. The van der Waals surface area contributed by atoms with Gasteiger partial charge in [-0.1, -0.05) is 0 Å². The third-order valence-corrected chi connectivity index (χ3v) is 2.35. The molecule has 1 aromatic carbocycles. The normalized spacial score (nSPS) is 11.4. The van der Waals surface area contributed by atoms with E-state index in [0.29, 0.717) is 4.77 Å². The lowest BCUT2D eigenvalue weighted by atomic mass is 10.3. The van der Waals surface area contributed by atoms with Gasteiger partial charge < -0.3 is 19.9 Å². The minimum absolute atomic E-state index is 0.203. The van der Waals surface area contributed by atoms with E-state index in [1.54, 1.807) is 0 Å². The van der Waals surface area contributed by atoms with Gasteiger partial charge in [0.15, 0.2) is 4.77 Å². The Morgan fingerprint density at radius 1 is 0.857 bits per heavy atom. The van der Waals surface area contributed by atoms with E-state index in [-0.39, 0.29) is 5.69 Å². The van der Waals surface area contributed by atoms with Crippen molar-refractivity contribution in [3.63, 3.8) is 0 Å². The first-order valence-corrected chi connectivity index (χ1v) is 4.47. The molecule has 0 saturated carbocycles. The van der Waals surface area contributed by atoms with E-state index in [0.717, 1.165) is 22.1 Å². The SMILES string of the molecule is O=c1[nH]c2cc3[nH]c(=S)[nH]c3cc2[nH]1. The zero-order chi connectivity index (χ0) is 9.71. The van der Waals surface area contributed by atoms with Gasteiger partial charge in [0.2, 0.25) is 0 Å². The van der Waals surface area contributed by atoms with Crippen LogP contribution >= 0.6 is 12.2 Å². The molecule has 2 aromatic heterocycles. The molecule has 14 heavy (non-hydrogen) atoms. The second kappa shape index (κ2) is 2.36. The lowest BCUT2D eigenvalue weighted by molar-refractivity contribution is 1.21. The maximum atomic E-state index is 11.0. The van der Waals surface area contributed by atoms with Crippen molar-refractivity contribution >= 4 is 34.3 Å². The Morgan fingerprint density at radius 2 is 1.29 bits per heavy atom. The van der Waals surface area contributed by atoms with Crippen LogP contribution in [0.3, 0.4) is 0 Å². The summed E-state index contributed by atoms with van der Waals surface area (Å²) in [6.07, 6.45) is 0. The Labute approximate surface area is 82.2 Å². The van der Waals surface area contributed by atoms with Gasteiger partial charge in [0, 0.05) is 0 Å². The van der Waals surface area contributed by atoms with E-state index in [2.05, 4.69) is 19.9 Å². The van der Waals surface area contributed by atoms with Crippen LogP contribution in [0.2, 0.25) is 0 Å². The van der Waals surface area contributed by atoms with E-state index >= 15 is 0 Å². The number of imidazole rings is 2. The molecule has 2 heterocycles. The molecule has 3 rings (SSSR count). The molecule has 0 amide bonds. The smallest absolute Gasteiger partial charge is 0.323 e. The number of H-pyrrole nitrogens is 4. The highest BCUT2D eigenvalue weighted by molar-refractivity contribution is 7.71. The number of aromatic nitrogens is 4. The van der Waals surface area contributed by atoms with Gasteiger partial charge >= 0.3 is 5.69 Å². The van der Waals surface area contributed by atoms with Gasteiger partial charge in [-0.15, -0.1) is 0 Å². The molecular formula is C8H6N4OS. The van der Waals surface area contributed by atoms with Crippen molar-refractivity contribution in [3.8, 4) is 0 Å². The summed E-state index contributed by atoms with van der Waals surface area (Å²) in [5.74, 6) is 0. The monoisotopic (exact) mass is 206 g/mol. The fourth-order valence-electron chi connectivity index (χ4n) is 1.57. The molecule has 4 N–H and O–H groups in total. The maximum Gasteiger partial charge on any atom is 0.323 e. The van der Waals surface area contributed by atoms with Crippen LogP contribution in [-0.2, 0) is 0 Å². The summed E-state index contributed by atoms with van der Waals surface area (Å²) in [7, 11) is 0. The summed E-state index contributed by atoms with van der Waals surface area (Å²) >= 11 is 4.96. The van der Waals surface area contributed by atoms with Gasteiger partial charge in [-0.2, -0.15) is 0 Å². The Bertz CT molecular complexity index is 612. The highest BCUT2D eigenvalue weighted by Gasteiger charge is 2.01. The maximum absolute atomic E-state index is 11.0. The largest absolute Gasteiger partial charge is 0.331 e. The van der Waals surface area contributed by atoms with Crippen molar-refractivity contribution in [2.24, 2.45) is 0 Å². The van der Waals surface area contributed by atoms with Crippen LogP contribution < -0.4 is 5.69 Å². The first-order chi connectivity index (χ1) is 6.72. The van der Waals surface area contributed by atoms with E-state index in [9.17, 15) is 4.79 Å². The first-order valence-electron chi connectivity index (χ1n) is 4.06. The molecule has 6 heteroatoms. The highest BCUT2D eigenvalue weighted by atomic mass is 32.1. The van der Waals surface area contributed by atoms with Crippen LogP contribution in [0.5, 0.6) is 0 Å². The second-order valence-electron chi connectivity index (χ2n) is 3.10. The van der Waals surface area contributed by atoms with Gasteiger partial charge in [0.05, 0.1) is 22.1 Å². The van der Waals surface area contributed by atoms with Crippen molar-refractivity contribution in [3.05, 3.63) is 27.4 Å². The van der Waals surface area contributed by atoms with Crippen LogP contribution in [0.1, 0.15) is 0 Å². The minimum atomic E-state index is -0.203. The van der Waals surface area contributed by atoms with Crippen LogP contribution in [0, 0.1) is 4.77 Å². The summed E-state index contributed by atoms with van der Waals surface area (Å²) in [5.41, 5.74) is 3.11. The highest BCUT2D eigenvalue weighted by Crippen LogP contribution is 2.16. The molecule has 0 aliphatic heterocycles. The zero-order valence-corrected chi connectivity index (χ0v) is 7.79. The number of rotatable bonds is 0. The molecule has 0 radical (unpaired) electrons. The molecule has 0 atom stereocenters. The van der Waals surface area contributed by atoms with E-state index < -0.39 is 0 Å². The van der Waals surface area contributed by atoms with Crippen LogP contribution in [0.25, 0.3) is 22.1 Å². The molecule has 0 aliphatic rings. The van der Waals surface area contributed by atoms with Gasteiger partial charge in [0.1, 0.15) is 0 Å². The van der Waals surface area contributed by atoms with Crippen molar-refractivity contribution in [1.82, 2.24) is 19.9 Å². The van der Waals surface area contributed by atoms with Crippen LogP contribution in [0.4, 0.5) is 0 Å². The third-order valence-electron chi connectivity index (χ3n) is 2.15. The lowest BCUT2D eigenvalue weighted by Gasteiger charge is -1.88. The van der Waals surface area contributed by atoms with E-state index in [4.69, 9.17) is 12.2 Å². The molecule has 0 fully saturated rings. The lowest BCUT2D eigenvalue weighted by Crippen LogP contribution is -1.99. The number of hydrogen-bond donors (Lipinski definition) is 4. The van der Waals surface area contributed by atoms with Gasteiger partial charge in [-0.05, 0) is 24.4 Å². The molecule has 0 unspecified atom stereocenters. The standard InChI is InChI=1S/C8H6N4OS/c13-7-9-3-1-5-6(2-4(3)10-7)12-8(14)11-5/h1-2H,(H2,9,10,13)(H2,11,12,14). The summed E-state index contributed by atoms with van der Waals surface area (Å²) in [5, 5.41) is 0. The van der Waals surface area contributed by atoms with E-state index in [1.807, 2.05) is 12.1 Å². The number of nitrogens with one attached hydrogen (secondary N) is 4. The van der Waals surface area contributed by atoms with Crippen molar-refractivity contribution in [2.75, 3.05) is 0 Å². The Balaban J connectivity index is 2.61. The summed E-state index contributed by atoms with van der Waals surface area (Å²) < 4.78 is 0.579. The Kier molecular flexibility index (Phi) is 1.27. The molecule has 0 aliphatic carbocycles. The average Bonchev–Trinajstić information content (AvgIpc) is 2.59. The summed E-state index contributed by atoms with van der Waals surface area (Å²) in [6.45, 7) is 0. The molecular weight excluding hydrogens is 200 g/mol. The third kappa shape index (κ3) is 0.942. The first kappa shape index (κ1) is 7.57. The number of fused-ring (bicyclic) bond motifs is 2. The predicted octanol–water partition coefficient (Wildman–Crippen LogP) is 1.40. The average molecular weight is 206 g/mol. The minimum Gasteiger partial charge on any atom is -0.331 e. The van der Waals surface area contributed by atoms with Gasteiger partial charge in [-0.25, -0.2) is 4.79 Å². The number of hydrogen-bond acceptors (Lipinski definition) is 2. The fourth-order valence-corrected chi connectivity index (χ4v) is 1.79. The summed E-state index contributed by atoms with van der Waals surface area (Å²) in [4.78, 5) is 22.3. The Hall–Kier alpha value is -1.82. The van der Waals surface area contributed by atoms with Crippen molar-refractivity contribution < 1.29 is 0 Å². The van der Waals surface area contributed by atoms with Crippen LogP contribution in [-0.4, -0.2) is 19.9 Å². The molecule has 0 bridgehead atoms. The van der Waals surface area contributed by atoms with E-state index in [1.165, 1.54) is 0 Å². The molecule has 5 nitrogen and oxygen atoms in total. The van der Waals surface area contributed by atoms with Gasteiger partial charge in [-0.3, -0.25) is 0 Å². The molecule has 0 saturated heterocycles. The number of benzene rings is 1. The zero-order valence-electron chi connectivity index (χ0n) is 6.97. The summed E-state index contributed by atoms with van der Waals surface area (Å²) in [6, 6.07) is 3.68. The molecule has 70 valence electrons. The fraction of sp³-hybridized carbons (Fsp3) is 0. The molecule has 3 aromatic rings. The van der Waals surface area contributed by atoms with Crippen molar-refractivity contribution in [2.45, 2.75) is 0 Å². The molecule has 0 spiro atoms. The van der Waals surface area contributed by atoms with Gasteiger partial charge in [0.25, 0.3) is 0 Å². The predicted molar refractivity (Wildman–Crippen MR) is 56.0 cm³/mol. The quantitative estimate of drug-likeness (QED) is 0.419.